The number of thioether (sulfide) groups is 1. The lowest BCUT2D eigenvalue weighted by molar-refractivity contribution is -0.144. The average molecular weight is 308 g/mol. The van der Waals surface area contributed by atoms with E-state index < -0.39 is 6.04 Å². The van der Waals surface area contributed by atoms with Gasteiger partial charge in [-0.05, 0) is 36.8 Å². The summed E-state index contributed by atoms with van der Waals surface area (Å²) < 4.78 is 9.95. The van der Waals surface area contributed by atoms with Gasteiger partial charge in [0.1, 0.15) is 17.9 Å². The fraction of sp³-hybridized carbons (Fsp3) is 0.467. The molecule has 21 heavy (non-hydrogen) atoms. The molecule has 0 bridgehead atoms. The molecule has 0 saturated heterocycles. The molecule has 0 aliphatic heterocycles. The fourth-order valence-corrected chi connectivity index (χ4v) is 2.68. The minimum atomic E-state index is -0.567. The van der Waals surface area contributed by atoms with Gasteiger partial charge in [-0.25, -0.2) is 0 Å². The molecule has 0 aliphatic rings. The van der Waals surface area contributed by atoms with Crippen molar-refractivity contribution in [2.45, 2.75) is 25.1 Å². The quantitative estimate of drug-likeness (QED) is 0.584. The Hall–Kier alpha value is -1.71. The Labute approximate surface area is 129 Å². The lowest BCUT2D eigenvalue weighted by Crippen LogP contribution is -2.32. The summed E-state index contributed by atoms with van der Waals surface area (Å²) in [7, 11) is 1.54. The van der Waals surface area contributed by atoms with Gasteiger partial charge in [0.15, 0.2) is 0 Å². The van der Waals surface area contributed by atoms with Gasteiger partial charge in [-0.3, -0.25) is 4.79 Å². The molecule has 0 aromatic heterocycles. The highest BCUT2D eigenvalue weighted by Crippen LogP contribution is 2.22. The Morgan fingerprint density at radius 1 is 1.52 bits per heavy atom. The first-order valence-corrected chi connectivity index (χ1v) is 7.84. The van der Waals surface area contributed by atoms with Crippen LogP contribution in [0, 0.1) is 11.3 Å². The number of nitrogens with zero attached hydrogens (tertiary/aromatic N) is 1. The number of hydrogen-bond donors (Lipinski definition) is 1. The molecule has 1 unspecified atom stereocenters. The van der Waals surface area contributed by atoms with E-state index in [1.165, 1.54) is 0 Å². The van der Waals surface area contributed by atoms with Crippen LogP contribution in [0.2, 0.25) is 0 Å². The maximum atomic E-state index is 11.4. The molecule has 0 saturated carbocycles. The molecule has 1 aromatic carbocycles. The van der Waals surface area contributed by atoms with E-state index in [4.69, 9.17) is 20.5 Å². The zero-order valence-electron chi connectivity index (χ0n) is 12.3. The third-order valence-corrected chi connectivity index (χ3v) is 3.88. The fourth-order valence-electron chi connectivity index (χ4n) is 1.70. The van der Waals surface area contributed by atoms with E-state index in [-0.39, 0.29) is 5.97 Å². The Morgan fingerprint density at radius 2 is 2.29 bits per heavy atom. The Bertz CT molecular complexity index is 514. The lowest BCUT2D eigenvalue weighted by Gasteiger charge is -2.10. The first kappa shape index (κ1) is 17.3. The normalized spacial score (nSPS) is 11.5. The summed E-state index contributed by atoms with van der Waals surface area (Å²) in [6.45, 7) is 2.11. The predicted octanol–water partition coefficient (Wildman–Crippen LogP) is 2.08. The van der Waals surface area contributed by atoms with Crippen molar-refractivity contribution in [3.63, 3.8) is 0 Å². The van der Waals surface area contributed by atoms with E-state index in [9.17, 15) is 4.79 Å². The molecule has 0 spiro atoms. The molecule has 2 N–H and O–H groups in total. The summed E-state index contributed by atoms with van der Waals surface area (Å²) in [5.74, 6) is 1.74. The molecule has 6 heteroatoms. The van der Waals surface area contributed by atoms with Gasteiger partial charge in [0.05, 0.1) is 19.3 Å². The minimum Gasteiger partial charge on any atom is -0.495 e. The van der Waals surface area contributed by atoms with Crippen molar-refractivity contribution in [1.82, 2.24) is 0 Å². The summed E-state index contributed by atoms with van der Waals surface area (Å²) in [5, 5.41) is 9.03. The van der Waals surface area contributed by atoms with Gasteiger partial charge in [-0.15, -0.1) is 0 Å². The van der Waals surface area contributed by atoms with Crippen LogP contribution in [0.1, 0.15) is 24.5 Å². The zero-order valence-corrected chi connectivity index (χ0v) is 13.1. The van der Waals surface area contributed by atoms with E-state index in [0.717, 1.165) is 17.1 Å². The minimum absolute atomic E-state index is 0.350. The highest BCUT2D eigenvalue weighted by molar-refractivity contribution is 7.98. The zero-order chi connectivity index (χ0) is 15.7. The molecular weight excluding hydrogens is 288 g/mol. The smallest absolute Gasteiger partial charge is 0.322 e. The second-order valence-corrected chi connectivity index (χ2v) is 5.45. The van der Waals surface area contributed by atoms with Gasteiger partial charge < -0.3 is 15.2 Å². The number of methoxy groups -OCH3 is 1. The maximum Gasteiger partial charge on any atom is 0.322 e. The van der Waals surface area contributed by atoms with Gasteiger partial charge in [-0.1, -0.05) is 6.07 Å². The molecule has 0 aliphatic carbocycles. The third kappa shape index (κ3) is 5.66. The van der Waals surface area contributed by atoms with Crippen LogP contribution >= 0.6 is 11.8 Å². The molecule has 114 valence electrons. The van der Waals surface area contributed by atoms with Crippen molar-refractivity contribution in [2.75, 3.05) is 19.5 Å². The van der Waals surface area contributed by atoms with Crippen molar-refractivity contribution in [1.29, 1.82) is 5.26 Å². The van der Waals surface area contributed by atoms with E-state index in [2.05, 4.69) is 6.07 Å². The summed E-state index contributed by atoms with van der Waals surface area (Å²) in [5.41, 5.74) is 7.29. The number of carbonyl (C=O) groups is 1. The number of ether oxygens (including phenoxy) is 2. The topological polar surface area (TPSA) is 85.3 Å². The Balaban J connectivity index is 2.40. The van der Waals surface area contributed by atoms with Crippen molar-refractivity contribution >= 4 is 17.7 Å². The van der Waals surface area contributed by atoms with Gasteiger partial charge in [0.2, 0.25) is 0 Å². The summed E-state index contributed by atoms with van der Waals surface area (Å²) in [4.78, 5) is 11.4. The standard InChI is InChI=1S/C15H20N2O3S/c1-3-20-15(18)13(17)6-7-21-10-11-4-5-14(19-2)12(8-11)9-16/h4-5,8,13H,3,6-7,10,17H2,1-2H3. The number of rotatable bonds is 8. The molecule has 1 atom stereocenters. The number of hydrogen-bond acceptors (Lipinski definition) is 6. The van der Waals surface area contributed by atoms with Crippen LogP contribution in [0.5, 0.6) is 5.75 Å². The monoisotopic (exact) mass is 308 g/mol. The third-order valence-electron chi connectivity index (χ3n) is 2.82. The SMILES string of the molecule is CCOC(=O)C(N)CCSCc1ccc(OC)c(C#N)c1. The number of nitrogens with two attached hydrogens (primary N) is 1. The lowest BCUT2D eigenvalue weighted by atomic mass is 10.1. The van der Waals surface area contributed by atoms with Gasteiger partial charge in [0.25, 0.3) is 0 Å². The van der Waals surface area contributed by atoms with Crippen LogP contribution in [0.15, 0.2) is 18.2 Å². The van der Waals surface area contributed by atoms with E-state index in [0.29, 0.717) is 24.3 Å². The summed E-state index contributed by atoms with van der Waals surface area (Å²) >= 11 is 1.66. The largest absolute Gasteiger partial charge is 0.495 e. The number of benzene rings is 1. The number of esters is 1. The second kappa shape index (κ2) is 9.27. The van der Waals surface area contributed by atoms with E-state index in [1.807, 2.05) is 12.1 Å². The van der Waals surface area contributed by atoms with Gasteiger partial charge >= 0.3 is 5.97 Å². The molecule has 0 radical (unpaired) electrons. The molecular formula is C15H20N2O3S. The maximum absolute atomic E-state index is 11.4. The first-order chi connectivity index (χ1) is 10.1. The average Bonchev–Trinajstić information content (AvgIpc) is 2.51. The Morgan fingerprint density at radius 3 is 2.90 bits per heavy atom. The first-order valence-electron chi connectivity index (χ1n) is 6.69. The highest BCUT2D eigenvalue weighted by atomic mass is 32.2. The van der Waals surface area contributed by atoms with Crippen LogP contribution in [0.3, 0.4) is 0 Å². The Kier molecular flexibility index (Phi) is 7.65. The van der Waals surface area contributed by atoms with Gasteiger partial charge in [-0.2, -0.15) is 17.0 Å². The van der Waals surface area contributed by atoms with Crippen LogP contribution in [-0.4, -0.2) is 31.5 Å². The van der Waals surface area contributed by atoms with E-state index in [1.54, 1.807) is 31.9 Å². The molecule has 0 amide bonds. The van der Waals surface area contributed by atoms with Crippen molar-refractivity contribution < 1.29 is 14.3 Å². The molecule has 0 heterocycles. The molecule has 1 aromatic rings. The summed E-state index contributed by atoms with van der Waals surface area (Å²) in [6.07, 6.45) is 0.574. The van der Waals surface area contributed by atoms with Crippen molar-refractivity contribution in [3.8, 4) is 11.8 Å². The van der Waals surface area contributed by atoms with Crippen LogP contribution < -0.4 is 10.5 Å². The number of carbonyl (C=O) groups excluding carboxylic acids is 1. The van der Waals surface area contributed by atoms with Crippen LogP contribution in [-0.2, 0) is 15.3 Å². The molecule has 0 fully saturated rings. The van der Waals surface area contributed by atoms with Crippen molar-refractivity contribution in [2.24, 2.45) is 5.73 Å². The van der Waals surface area contributed by atoms with E-state index >= 15 is 0 Å². The molecule has 5 nitrogen and oxygen atoms in total. The number of nitriles is 1. The van der Waals surface area contributed by atoms with Crippen molar-refractivity contribution in [3.05, 3.63) is 29.3 Å². The summed E-state index contributed by atoms with van der Waals surface area (Å²) in [6, 6.07) is 7.08. The van der Waals surface area contributed by atoms with Crippen LogP contribution in [0.4, 0.5) is 0 Å². The van der Waals surface area contributed by atoms with Crippen LogP contribution in [0.25, 0.3) is 0 Å². The molecule has 1 rings (SSSR count). The highest BCUT2D eigenvalue weighted by Gasteiger charge is 2.13. The van der Waals surface area contributed by atoms with Gasteiger partial charge in [0, 0.05) is 5.75 Å². The second-order valence-electron chi connectivity index (χ2n) is 4.35. The predicted molar refractivity (Wildman–Crippen MR) is 83.1 cm³/mol.